The van der Waals surface area contributed by atoms with Crippen LogP contribution in [0.3, 0.4) is 0 Å². The van der Waals surface area contributed by atoms with Crippen LogP contribution < -0.4 is 5.30 Å². The molecule has 0 fully saturated rings. The van der Waals surface area contributed by atoms with Gasteiger partial charge >= 0.3 is 7.60 Å². The molecule has 1 aromatic rings. The van der Waals surface area contributed by atoms with Crippen LogP contribution in [0.5, 0.6) is 0 Å². The Morgan fingerprint density at radius 3 is 2.38 bits per heavy atom. The van der Waals surface area contributed by atoms with E-state index in [0.29, 0.717) is 18.5 Å². The quantitative estimate of drug-likeness (QED) is 0.543. The molecule has 0 bridgehead atoms. The molecule has 1 rings (SSSR count). The van der Waals surface area contributed by atoms with E-state index in [1.54, 1.807) is 12.1 Å². The topological polar surface area (TPSA) is 35.5 Å². The van der Waals surface area contributed by atoms with Crippen LogP contribution in [-0.2, 0) is 13.6 Å². The van der Waals surface area contributed by atoms with Gasteiger partial charge < -0.3 is 9.05 Å². The summed E-state index contributed by atoms with van der Waals surface area (Å²) in [5.41, 5.74) is 0. The van der Waals surface area contributed by atoms with Crippen molar-refractivity contribution >= 4 is 12.9 Å². The molecule has 0 aliphatic carbocycles. The third-order valence-electron chi connectivity index (χ3n) is 2.13. The number of hydrogen-bond acceptors (Lipinski definition) is 3. The van der Waals surface area contributed by atoms with Crippen LogP contribution in [0.1, 0.15) is 26.7 Å². The Labute approximate surface area is 97.3 Å². The summed E-state index contributed by atoms with van der Waals surface area (Å²) in [5.74, 6) is 0. The van der Waals surface area contributed by atoms with Crippen LogP contribution in [0.15, 0.2) is 30.3 Å². The molecule has 4 heteroatoms. The Morgan fingerprint density at radius 1 is 1.12 bits per heavy atom. The molecule has 0 saturated carbocycles. The Hall–Kier alpha value is -0.630. The van der Waals surface area contributed by atoms with Gasteiger partial charge in [-0.2, -0.15) is 0 Å². The molecule has 1 aromatic carbocycles. The fraction of sp³-hybridized carbons (Fsp3) is 0.500. The van der Waals surface area contributed by atoms with Gasteiger partial charge in [0.1, 0.15) is 0 Å². The molecular formula is C12H19O3P. The zero-order valence-electron chi connectivity index (χ0n) is 9.89. The van der Waals surface area contributed by atoms with Gasteiger partial charge in [0.25, 0.3) is 0 Å². The van der Waals surface area contributed by atoms with Crippen molar-refractivity contribution in [2.24, 2.45) is 0 Å². The Bertz CT molecular complexity index is 337. The summed E-state index contributed by atoms with van der Waals surface area (Å²) >= 11 is 0. The van der Waals surface area contributed by atoms with Gasteiger partial charge in [-0.25, -0.2) is 0 Å². The van der Waals surface area contributed by atoms with Crippen LogP contribution in [0.2, 0.25) is 0 Å². The highest BCUT2D eigenvalue weighted by Crippen LogP contribution is 2.46. The molecule has 90 valence electrons. The first kappa shape index (κ1) is 13.4. The number of benzene rings is 1. The summed E-state index contributed by atoms with van der Waals surface area (Å²) in [5, 5.41) is 0.632. The predicted molar refractivity (Wildman–Crippen MR) is 66.2 cm³/mol. The van der Waals surface area contributed by atoms with Gasteiger partial charge in [-0.1, -0.05) is 31.5 Å². The third-order valence-corrected chi connectivity index (χ3v) is 4.18. The average molecular weight is 242 g/mol. The van der Waals surface area contributed by atoms with Crippen LogP contribution in [-0.4, -0.2) is 13.2 Å². The molecular weight excluding hydrogens is 223 g/mol. The molecule has 0 saturated heterocycles. The monoisotopic (exact) mass is 242 g/mol. The van der Waals surface area contributed by atoms with Crippen LogP contribution in [0.25, 0.3) is 0 Å². The standard InChI is InChI=1S/C12H19O3P/c1-3-5-11-15-16(13,14-4-2)12-9-7-6-8-10-12/h6-10H,3-5,11H2,1-2H3. The minimum Gasteiger partial charge on any atom is -0.305 e. The highest BCUT2D eigenvalue weighted by molar-refractivity contribution is 7.62. The molecule has 0 heterocycles. The Kier molecular flexibility index (Phi) is 5.75. The van der Waals surface area contributed by atoms with E-state index in [-0.39, 0.29) is 0 Å². The number of hydrogen-bond donors (Lipinski definition) is 0. The molecule has 0 radical (unpaired) electrons. The molecule has 1 atom stereocenters. The van der Waals surface area contributed by atoms with E-state index >= 15 is 0 Å². The van der Waals surface area contributed by atoms with E-state index in [1.165, 1.54) is 0 Å². The van der Waals surface area contributed by atoms with Crippen molar-refractivity contribution < 1.29 is 13.6 Å². The minimum atomic E-state index is -3.10. The van der Waals surface area contributed by atoms with Crippen LogP contribution >= 0.6 is 7.60 Å². The zero-order valence-corrected chi connectivity index (χ0v) is 10.8. The summed E-state index contributed by atoms with van der Waals surface area (Å²) < 4.78 is 23.2. The van der Waals surface area contributed by atoms with Gasteiger partial charge in [0.15, 0.2) is 0 Å². The van der Waals surface area contributed by atoms with Crippen LogP contribution in [0.4, 0.5) is 0 Å². The molecule has 0 aliphatic rings. The fourth-order valence-corrected chi connectivity index (χ4v) is 2.92. The highest BCUT2D eigenvalue weighted by Gasteiger charge is 2.26. The summed E-state index contributed by atoms with van der Waals surface area (Å²) in [6, 6.07) is 9.12. The SMILES string of the molecule is CCCCOP(=O)(OCC)c1ccccc1. The second-order valence-electron chi connectivity index (χ2n) is 3.44. The second kappa shape index (κ2) is 6.85. The summed E-state index contributed by atoms with van der Waals surface area (Å²) in [4.78, 5) is 0. The zero-order chi connectivity index (χ0) is 11.9. The van der Waals surface area contributed by atoms with Crippen molar-refractivity contribution in [3.63, 3.8) is 0 Å². The Morgan fingerprint density at radius 2 is 1.81 bits per heavy atom. The van der Waals surface area contributed by atoms with Gasteiger partial charge in [-0.3, -0.25) is 4.57 Å². The lowest BCUT2D eigenvalue weighted by atomic mass is 10.4. The van der Waals surface area contributed by atoms with E-state index in [2.05, 4.69) is 6.92 Å². The average Bonchev–Trinajstić information content (AvgIpc) is 2.31. The third kappa shape index (κ3) is 3.75. The molecule has 0 amide bonds. The van der Waals surface area contributed by atoms with Crippen molar-refractivity contribution in [1.29, 1.82) is 0 Å². The lowest BCUT2D eigenvalue weighted by Gasteiger charge is -2.17. The maximum atomic E-state index is 12.4. The predicted octanol–water partition coefficient (Wildman–Crippen LogP) is 3.36. The van der Waals surface area contributed by atoms with Gasteiger partial charge in [0.05, 0.1) is 18.5 Å². The van der Waals surface area contributed by atoms with Crippen molar-refractivity contribution in [3.05, 3.63) is 30.3 Å². The lowest BCUT2D eigenvalue weighted by molar-refractivity contribution is 0.218. The molecule has 1 unspecified atom stereocenters. The van der Waals surface area contributed by atoms with Crippen molar-refractivity contribution in [3.8, 4) is 0 Å². The first-order valence-corrected chi connectivity index (χ1v) is 7.22. The molecule has 0 N–H and O–H groups in total. The molecule has 3 nitrogen and oxygen atoms in total. The summed E-state index contributed by atoms with van der Waals surface area (Å²) in [6.45, 7) is 4.75. The summed E-state index contributed by atoms with van der Waals surface area (Å²) in [6.07, 6.45) is 1.91. The van der Waals surface area contributed by atoms with Gasteiger partial charge in [0.2, 0.25) is 0 Å². The van der Waals surface area contributed by atoms with Crippen molar-refractivity contribution in [2.45, 2.75) is 26.7 Å². The molecule has 16 heavy (non-hydrogen) atoms. The van der Waals surface area contributed by atoms with Crippen molar-refractivity contribution in [2.75, 3.05) is 13.2 Å². The van der Waals surface area contributed by atoms with Gasteiger partial charge in [-0.05, 0) is 25.5 Å². The Balaban J connectivity index is 2.76. The maximum Gasteiger partial charge on any atom is 0.361 e. The fourth-order valence-electron chi connectivity index (χ4n) is 1.30. The van der Waals surface area contributed by atoms with E-state index in [0.717, 1.165) is 12.8 Å². The van der Waals surface area contributed by atoms with E-state index in [4.69, 9.17) is 9.05 Å². The van der Waals surface area contributed by atoms with Crippen molar-refractivity contribution in [1.82, 2.24) is 0 Å². The normalized spacial score (nSPS) is 14.6. The smallest absolute Gasteiger partial charge is 0.305 e. The maximum absolute atomic E-state index is 12.4. The largest absolute Gasteiger partial charge is 0.361 e. The van der Waals surface area contributed by atoms with Crippen LogP contribution in [0, 0.1) is 0 Å². The lowest BCUT2D eigenvalue weighted by Crippen LogP contribution is -2.10. The first-order valence-electron chi connectivity index (χ1n) is 5.67. The number of unbranched alkanes of at least 4 members (excludes halogenated alkanes) is 1. The van der Waals surface area contributed by atoms with Gasteiger partial charge in [0, 0.05) is 0 Å². The van der Waals surface area contributed by atoms with E-state index in [1.807, 2.05) is 25.1 Å². The first-order chi connectivity index (χ1) is 7.73. The number of rotatable bonds is 7. The minimum absolute atomic E-state index is 0.387. The van der Waals surface area contributed by atoms with Gasteiger partial charge in [-0.15, -0.1) is 0 Å². The van der Waals surface area contributed by atoms with E-state index < -0.39 is 7.60 Å². The molecule has 0 aromatic heterocycles. The summed E-state index contributed by atoms with van der Waals surface area (Å²) in [7, 11) is -3.10. The molecule has 0 spiro atoms. The van der Waals surface area contributed by atoms with E-state index in [9.17, 15) is 4.57 Å². The second-order valence-corrected chi connectivity index (χ2v) is 5.47. The highest BCUT2D eigenvalue weighted by atomic mass is 31.2. The molecule has 0 aliphatic heterocycles.